The molecular weight excluding hydrogens is 660 g/mol. The molecule has 15 nitrogen and oxygen atoms in total. The molecule has 0 bridgehead atoms. The number of fused-ring (bicyclic) bond motifs is 2. The van der Waals surface area contributed by atoms with E-state index in [1.54, 1.807) is 6.07 Å². The van der Waals surface area contributed by atoms with Gasteiger partial charge in [0, 0.05) is 0 Å². The van der Waals surface area contributed by atoms with Crippen LogP contribution in [0.3, 0.4) is 0 Å². The lowest BCUT2D eigenvalue weighted by Gasteiger charge is -2.42. The van der Waals surface area contributed by atoms with Crippen molar-refractivity contribution in [3.8, 4) is 5.75 Å². The van der Waals surface area contributed by atoms with E-state index in [1.807, 2.05) is 12.1 Å². The first-order valence-electron chi connectivity index (χ1n) is 17.8. The fraction of sp³-hybridized carbons (Fsp3) is 0.800. The molecule has 0 aromatic heterocycles. The molecule has 3 fully saturated rings. The molecule has 5 rings (SSSR count). The fourth-order valence-electron chi connectivity index (χ4n) is 8.21. The molecule has 2 aliphatic carbocycles. The van der Waals surface area contributed by atoms with Crippen molar-refractivity contribution in [2.75, 3.05) is 19.8 Å². The van der Waals surface area contributed by atoms with Gasteiger partial charge in [-0.2, -0.15) is 0 Å². The number of aliphatic hydroxyl groups excluding tert-OH is 8. The molecule has 2 saturated heterocycles. The van der Waals surface area contributed by atoms with E-state index in [0.29, 0.717) is 44.3 Å². The Morgan fingerprint density at radius 1 is 0.860 bits per heavy atom. The highest BCUT2D eigenvalue weighted by Crippen LogP contribution is 2.50. The number of unbranched alkanes of at least 4 members (excludes halogenated alkanes) is 2. The van der Waals surface area contributed by atoms with Crippen molar-refractivity contribution in [2.45, 2.75) is 138 Å². The van der Waals surface area contributed by atoms with Crippen LogP contribution < -0.4 is 4.74 Å². The smallest absolute Gasteiger partial charge is 0.341 e. The molecule has 1 aromatic rings. The molecule has 15 atom stereocenters. The van der Waals surface area contributed by atoms with Gasteiger partial charge in [0.2, 0.25) is 0 Å². The van der Waals surface area contributed by atoms with Crippen LogP contribution in [-0.4, -0.2) is 145 Å². The third kappa shape index (κ3) is 8.78. The summed E-state index contributed by atoms with van der Waals surface area (Å²) in [5.74, 6) is -0.500. The number of aliphatic hydroxyl groups is 8. The van der Waals surface area contributed by atoms with E-state index in [1.165, 1.54) is 0 Å². The molecule has 284 valence electrons. The molecule has 50 heavy (non-hydrogen) atoms. The maximum Gasteiger partial charge on any atom is 0.341 e. The molecule has 4 aliphatic rings. The number of hydrogen-bond donors (Lipinski definition) is 9. The maximum absolute atomic E-state index is 11.2. The number of hydrogen-bond acceptors (Lipinski definition) is 14. The standard InChI is InChI=1S/C35H54O15/c1-2-3-4-7-19(47-34-32(44)30(42)28(40)25(14-36)49-34)9-10-20-21-11-17-6-5-8-23(46-16-27(38)39)22(17)12-18(21)13-24(20)48-35-33(45)31(43)29(41)26(15-37)50-35/h5-6,8,18-21,24-26,28-37,40-45H,2-4,7,9-16H2,1H3,(H,38,39)/t18-,19-,20+,21-,24+,25-,26-,28-,29-,30+,31+,32-,33-,34-,35-/m1/s1. The van der Waals surface area contributed by atoms with Gasteiger partial charge in [-0.3, -0.25) is 0 Å². The average molecular weight is 715 g/mol. The molecule has 0 amide bonds. The summed E-state index contributed by atoms with van der Waals surface area (Å²) in [6, 6.07) is 5.59. The minimum atomic E-state index is -1.60. The second kappa shape index (κ2) is 17.7. The van der Waals surface area contributed by atoms with Crippen molar-refractivity contribution in [3.05, 3.63) is 29.3 Å². The first-order chi connectivity index (χ1) is 24.0. The first-order valence-corrected chi connectivity index (χ1v) is 17.8. The van der Waals surface area contributed by atoms with Gasteiger partial charge in [-0.05, 0) is 73.5 Å². The van der Waals surface area contributed by atoms with Gasteiger partial charge >= 0.3 is 5.97 Å². The van der Waals surface area contributed by atoms with Crippen LogP contribution >= 0.6 is 0 Å². The summed E-state index contributed by atoms with van der Waals surface area (Å²) in [5, 5.41) is 91.5. The lowest BCUT2D eigenvalue weighted by atomic mass is 9.73. The number of aliphatic carboxylic acids is 1. The second-order valence-corrected chi connectivity index (χ2v) is 14.2. The molecular formula is C35H54O15. The second-order valence-electron chi connectivity index (χ2n) is 14.2. The summed E-state index contributed by atoms with van der Waals surface area (Å²) in [6.07, 6.45) is -8.83. The van der Waals surface area contributed by atoms with Crippen LogP contribution in [0.25, 0.3) is 0 Å². The number of benzene rings is 1. The first kappa shape index (κ1) is 39.2. The third-order valence-corrected chi connectivity index (χ3v) is 11.0. The van der Waals surface area contributed by atoms with Crippen LogP contribution in [0, 0.1) is 17.8 Å². The average Bonchev–Trinajstić information content (AvgIpc) is 3.44. The van der Waals surface area contributed by atoms with Gasteiger partial charge in [0.25, 0.3) is 0 Å². The zero-order valence-electron chi connectivity index (χ0n) is 28.4. The number of carboxylic acid groups (broad SMARTS) is 1. The van der Waals surface area contributed by atoms with Crippen molar-refractivity contribution >= 4 is 5.97 Å². The fourth-order valence-corrected chi connectivity index (χ4v) is 8.21. The normalized spacial score (nSPS) is 39.1. The van der Waals surface area contributed by atoms with E-state index in [4.69, 9.17) is 23.7 Å². The van der Waals surface area contributed by atoms with Crippen molar-refractivity contribution in [1.29, 1.82) is 0 Å². The lowest BCUT2D eigenvalue weighted by molar-refractivity contribution is -0.315. The Bertz CT molecular complexity index is 1230. The molecule has 0 unspecified atom stereocenters. The Morgan fingerprint density at radius 2 is 1.52 bits per heavy atom. The van der Waals surface area contributed by atoms with E-state index >= 15 is 0 Å². The van der Waals surface area contributed by atoms with Gasteiger partial charge in [-0.15, -0.1) is 0 Å². The highest BCUT2D eigenvalue weighted by atomic mass is 16.7. The molecule has 0 radical (unpaired) electrons. The Labute approximate surface area is 291 Å². The molecule has 9 N–H and O–H groups in total. The van der Waals surface area contributed by atoms with Gasteiger partial charge < -0.3 is 69.6 Å². The largest absolute Gasteiger partial charge is 0.482 e. The van der Waals surface area contributed by atoms with E-state index in [-0.39, 0.29) is 17.8 Å². The molecule has 0 spiro atoms. The van der Waals surface area contributed by atoms with E-state index < -0.39 is 99.4 Å². The quantitative estimate of drug-likeness (QED) is 0.0955. The van der Waals surface area contributed by atoms with Crippen LogP contribution in [0.4, 0.5) is 0 Å². The topological polar surface area (TPSA) is 245 Å². The minimum Gasteiger partial charge on any atom is -0.482 e. The highest BCUT2D eigenvalue weighted by Gasteiger charge is 2.51. The third-order valence-electron chi connectivity index (χ3n) is 11.0. The van der Waals surface area contributed by atoms with Crippen molar-refractivity contribution in [2.24, 2.45) is 17.8 Å². The molecule has 15 heteroatoms. The summed E-state index contributed by atoms with van der Waals surface area (Å²) >= 11 is 0. The highest BCUT2D eigenvalue weighted by molar-refractivity contribution is 5.68. The van der Waals surface area contributed by atoms with Gasteiger partial charge in [0.15, 0.2) is 19.2 Å². The summed E-state index contributed by atoms with van der Waals surface area (Å²) in [5.41, 5.74) is 1.97. The Kier molecular flexibility index (Phi) is 13.9. The van der Waals surface area contributed by atoms with Gasteiger partial charge in [0.05, 0.1) is 25.4 Å². The lowest BCUT2D eigenvalue weighted by Crippen LogP contribution is -2.60. The van der Waals surface area contributed by atoms with E-state index in [0.717, 1.165) is 30.4 Å². The van der Waals surface area contributed by atoms with Gasteiger partial charge in [0.1, 0.15) is 54.6 Å². The van der Waals surface area contributed by atoms with Crippen molar-refractivity contribution in [3.63, 3.8) is 0 Å². The minimum absolute atomic E-state index is 0.0851. The summed E-state index contributed by atoms with van der Waals surface area (Å²) < 4.78 is 29.7. The van der Waals surface area contributed by atoms with Crippen molar-refractivity contribution in [1.82, 2.24) is 0 Å². The number of carbonyl (C=O) groups is 1. The Morgan fingerprint density at radius 3 is 2.16 bits per heavy atom. The molecule has 1 aromatic carbocycles. The molecule has 1 saturated carbocycles. The zero-order chi connectivity index (χ0) is 36.1. The number of ether oxygens (including phenoxy) is 5. The molecule has 2 heterocycles. The van der Waals surface area contributed by atoms with Crippen LogP contribution in [0.2, 0.25) is 0 Å². The van der Waals surface area contributed by atoms with Crippen molar-refractivity contribution < 1.29 is 74.4 Å². The van der Waals surface area contributed by atoms with Gasteiger partial charge in [-0.25, -0.2) is 4.79 Å². The van der Waals surface area contributed by atoms with Crippen LogP contribution in [-0.2, 0) is 36.6 Å². The predicted molar refractivity (Wildman–Crippen MR) is 173 cm³/mol. The van der Waals surface area contributed by atoms with Gasteiger partial charge in [-0.1, -0.05) is 38.3 Å². The maximum atomic E-state index is 11.2. The zero-order valence-corrected chi connectivity index (χ0v) is 28.4. The molecule has 2 aliphatic heterocycles. The number of carboxylic acids is 1. The Hall–Kier alpha value is -1.99. The number of rotatable bonds is 16. The predicted octanol–water partition coefficient (Wildman–Crippen LogP) is -0.768. The monoisotopic (exact) mass is 714 g/mol. The SMILES string of the molecule is CCCCC[C@H](CC[C@H]1[C@@H]2Cc3cccc(OCC(=O)O)c3C[C@@H]2C[C@@H]1O[C@@H]1O[C@H](CO)[C@@H](O)[C@H](O)[C@H]1O)O[C@@H]1O[C@H](CO)[C@@H](O)[C@H](O)[C@H]1O. The van der Waals surface area contributed by atoms with E-state index in [2.05, 4.69) is 6.92 Å². The summed E-state index contributed by atoms with van der Waals surface area (Å²) in [6.45, 7) is 0.446. The van der Waals surface area contributed by atoms with Crippen LogP contribution in [0.15, 0.2) is 18.2 Å². The summed E-state index contributed by atoms with van der Waals surface area (Å²) in [4.78, 5) is 11.2. The van der Waals surface area contributed by atoms with Crippen LogP contribution in [0.1, 0.15) is 63.0 Å². The van der Waals surface area contributed by atoms with E-state index in [9.17, 15) is 50.8 Å². The Balaban J connectivity index is 1.37. The summed E-state index contributed by atoms with van der Waals surface area (Å²) in [7, 11) is 0. The van der Waals surface area contributed by atoms with Crippen LogP contribution in [0.5, 0.6) is 5.75 Å².